The van der Waals surface area contributed by atoms with Crippen molar-refractivity contribution >= 4 is 25.7 Å². The van der Waals surface area contributed by atoms with Crippen molar-refractivity contribution in [1.82, 2.24) is 9.89 Å². The minimum Gasteiger partial charge on any atom is -0.258 e. The first-order chi connectivity index (χ1) is 18.5. The summed E-state index contributed by atoms with van der Waals surface area (Å²) in [4.78, 5) is 2.54. The molecule has 4 aromatic rings. The molecular formula is C25H18F4N4O4S2. The molecule has 0 radical (unpaired) electrons. The number of nitrogens with zero attached hydrogens (tertiary/aromatic N) is 3. The van der Waals surface area contributed by atoms with Gasteiger partial charge in [-0.2, -0.15) is 23.1 Å². The van der Waals surface area contributed by atoms with Gasteiger partial charge >= 0.3 is 0 Å². The lowest BCUT2D eigenvalue weighted by molar-refractivity contribution is 0.506. The van der Waals surface area contributed by atoms with Gasteiger partial charge < -0.3 is 0 Å². The number of halogens is 4. The summed E-state index contributed by atoms with van der Waals surface area (Å²) in [5, 5.41) is 4.10. The smallest absolute Gasteiger partial charge is 0.258 e. The van der Waals surface area contributed by atoms with Crippen LogP contribution in [0.3, 0.4) is 0 Å². The average Bonchev–Trinajstić information content (AvgIpc) is 3.65. The molecule has 39 heavy (non-hydrogen) atoms. The summed E-state index contributed by atoms with van der Waals surface area (Å²) < 4.78 is 111. The maximum atomic E-state index is 14.6. The Morgan fingerprint density at radius 3 is 1.95 bits per heavy atom. The first-order valence-electron chi connectivity index (χ1n) is 11.6. The van der Waals surface area contributed by atoms with E-state index in [9.17, 15) is 34.4 Å². The van der Waals surface area contributed by atoms with Crippen LogP contribution in [0, 0.1) is 29.2 Å². The molecule has 8 nitrogen and oxygen atoms in total. The van der Waals surface area contributed by atoms with Crippen LogP contribution >= 0.6 is 0 Å². The number of nitrogens with one attached hydrogen (secondary N) is 1. The van der Waals surface area contributed by atoms with Gasteiger partial charge in [0.15, 0.2) is 11.6 Å². The van der Waals surface area contributed by atoms with Crippen LogP contribution in [0.25, 0.3) is 11.3 Å². The molecule has 1 aromatic heterocycles. The van der Waals surface area contributed by atoms with Crippen LogP contribution in [-0.2, 0) is 20.0 Å². The Bertz CT molecular complexity index is 1820. The highest BCUT2D eigenvalue weighted by atomic mass is 32.2. The highest BCUT2D eigenvalue weighted by Gasteiger charge is 2.48. The normalized spacial score (nSPS) is 17.0. The lowest BCUT2D eigenvalue weighted by atomic mass is 9.93. The lowest BCUT2D eigenvalue weighted by Crippen LogP contribution is -2.39. The van der Waals surface area contributed by atoms with Gasteiger partial charge in [-0.1, -0.05) is 0 Å². The summed E-state index contributed by atoms with van der Waals surface area (Å²) in [7, 11) is -8.74. The molecule has 14 heteroatoms. The first kappa shape index (κ1) is 25.4. The van der Waals surface area contributed by atoms with Crippen molar-refractivity contribution < 1.29 is 34.4 Å². The molecule has 1 aliphatic carbocycles. The number of sulfonamides is 2. The number of hydrogen-bond acceptors (Lipinski definition) is 5. The topological polar surface area (TPSA) is 101 Å². The zero-order chi connectivity index (χ0) is 27.7. The number of fused-ring (bicyclic) bond motifs is 3. The molecular weight excluding hydrogens is 560 g/mol. The van der Waals surface area contributed by atoms with E-state index in [1.165, 1.54) is 6.20 Å². The average molecular weight is 579 g/mol. The van der Waals surface area contributed by atoms with E-state index >= 15 is 0 Å². The van der Waals surface area contributed by atoms with E-state index in [4.69, 9.17) is 0 Å². The van der Waals surface area contributed by atoms with E-state index in [0.717, 1.165) is 69.8 Å². The molecule has 2 heterocycles. The number of aromatic nitrogens is 2. The van der Waals surface area contributed by atoms with Crippen molar-refractivity contribution in [1.29, 1.82) is 0 Å². The van der Waals surface area contributed by atoms with Gasteiger partial charge in [0.05, 0.1) is 27.7 Å². The molecule has 1 N–H and O–H groups in total. The molecule has 0 spiro atoms. The zero-order valence-corrected chi connectivity index (χ0v) is 21.4. The molecule has 0 amide bonds. The minimum atomic E-state index is -4.43. The van der Waals surface area contributed by atoms with Gasteiger partial charge in [-0.05, 0) is 73.4 Å². The highest BCUT2D eigenvalue weighted by Crippen LogP contribution is 2.55. The van der Waals surface area contributed by atoms with Crippen LogP contribution in [-0.4, -0.2) is 26.7 Å². The molecule has 1 unspecified atom stereocenters. The molecule has 6 rings (SSSR count). The summed E-state index contributed by atoms with van der Waals surface area (Å²) in [6, 6.07) is 8.67. The number of benzene rings is 3. The highest BCUT2D eigenvalue weighted by molar-refractivity contribution is 7.93. The molecule has 1 aliphatic heterocycles. The second-order valence-corrected chi connectivity index (χ2v) is 12.7. The SMILES string of the molecule is O=S(=O)(Nn1ncc2c1-c1cc(F)c(F)cc1N(S(=O)(=O)c1ccc(F)cc1)C2C1CC1)c1ccc(F)cc1. The van der Waals surface area contributed by atoms with Gasteiger partial charge in [0.2, 0.25) is 0 Å². The van der Waals surface area contributed by atoms with Gasteiger partial charge in [0.1, 0.15) is 17.3 Å². The largest absolute Gasteiger partial charge is 0.276 e. The summed E-state index contributed by atoms with van der Waals surface area (Å²) in [5.41, 5.74) is -0.0725. The van der Waals surface area contributed by atoms with Crippen LogP contribution in [0.2, 0.25) is 0 Å². The molecule has 0 bridgehead atoms. The van der Waals surface area contributed by atoms with E-state index in [2.05, 4.69) is 9.93 Å². The van der Waals surface area contributed by atoms with Gasteiger partial charge in [0.25, 0.3) is 20.0 Å². The molecule has 1 atom stereocenters. The fourth-order valence-corrected chi connectivity index (χ4v) is 7.41. The van der Waals surface area contributed by atoms with E-state index in [0.29, 0.717) is 12.8 Å². The third-order valence-corrected chi connectivity index (χ3v) is 9.79. The predicted octanol–water partition coefficient (Wildman–Crippen LogP) is 4.70. The Kier molecular flexibility index (Phi) is 5.73. The van der Waals surface area contributed by atoms with Crippen LogP contribution in [0.5, 0.6) is 0 Å². The Hall–Kier alpha value is -3.91. The van der Waals surface area contributed by atoms with Crippen LogP contribution < -0.4 is 9.14 Å². The maximum absolute atomic E-state index is 14.6. The second-order valence-electron chi connectivity index (χ2n) is 9.23. The summed E-state index contributed by atoms with van der Waals surface area (Å²) in [6.07, 6.45) is 2.50. The molecule has 202 valence electrons. The molecule has 1 fully saturated rings. The predicted molar refractivity (Wildman–Crippen MR) is 132 cm³/mol. The quantitative estimate of drug-likeness (QED) is 0.335. The third kappa shape index (κ3) is 4.23. The van der Waals surface area contributed by atoms with Crippen molar-refractivity contribution in [2.24, 2.45) is 5.92 Å². The van der Waals surface area contributed by atoms with Gasteiger partial charge in [-0.25, -0.2) is 26.0 Å². The van der Waals surface area contributed by atoms with Crippen molar-refractivity contribution in [2.45, 2.75) is 28.7 Å². The fourth-order valence-electron chi connectivity index (χ4n) is 4.74. The van der Waals surface area contributed by atoms with E-state index in [-0.39, 0.29) is 38.2 Å². The molecule has 1 saturated carbocycles. The Morgan fingerprint density at radius 2 is 1.36 bits per heavy atom. The third-order valence-electron chi connectivity index (χ3n) is 6.67. The Labute approximate surface area is 220 Å². The Balaban J connectivity index is 1.54. The van der Waals surface area contributed by atoms with Gasteiger partial charge in [-0.15, -0.1) is 0 Å². The molecule has 0 saturated heterocycles. The van der Waals surface area contributed by atoms with Crippen molar-refractivity contribution in [3.63, 3.8) is 0 Å². The molecule has 3 aromatic carbocycles. The monoisotopic (exact) mass is 578 g/mol. The summed E-state index contributed by atoms with van der Waals surface area (Å²) in [6.45, 7) is 0. The minimum absolute atomic E-state index is 0.0250. The van der Waals surface area contributed by atoms with Crippen molar-refractivity contribution in [3.05, 3.63) is 95.7 Å². The van der Waals surface area contributed by atoms with Crippen LogP contribution in [0.4, 0.5) is 23.2 Å². The number of anilines is 1. The summed E-state index contributed by atoms with van der Waals surface area (Å²) >= 11 is 0. The Morgan fingerprint density at radius 1 is 0.795 bits per heavy atom. The standard InChI is InChI=1S/C25H18F4N4O4S2/c26-15-3-7-17(8-4-15)38(34,35)31-33-25-19-11-21(28)22(29)12-23(19)32(24(14-1-2-14)20(25)13-30-33)39(36,37)18-9-5-16(27)6-10-18/h3-14,24,31H,1-2H2. The fraction of sp³-hybridized carbons (Fsp3) is 0.160. The summed E-state index contributed by atoms with van der Waals surface area (Å²) in [5.74, 6) is -4.14. The van der Waals surface area contributed by atoms with E-state index in [1.807, 2.05) is 0 Å². The van der Waals surface area contributed by atoms with Gasteiger partial charge in [-0.3, -0.25) is 4.31 Å². The zero-order valence-electron chi connectivity index (χ0n) is 19.7. The van der Waals surface area contributed by atoms with E-state index in [1.54, 1.807) is 0 Å². The van der Waals surface area contributed by atoms with Crippen molar-refractivity contribution in [3.8, 4) is 11.3 Å². The van der Waals surface area contributed by atoms with Gasteiger partial charge in [0, 0.05) is 17.2 Å². The number of hydrogen-bond donors (Lipinski definition) is 1. The first-order valence-corrected chi connectivity index (χ1v) is 14.6. The lowest BCUT2D eigenvalue weighted by Gasteiger charge is -2.38. The van der Waals surface area contributed by atoms with Crippen LogP contribution in [0.15, 0.2) is 76.7 Å². The number of rotatable bonds is 6. The van der Waals surface area contributed by atoms with Crippen LogP contribution in [0.1, 0.15) is 24.4 Å². The second kappa shape index (κ2) is 8.81. The maximum Gasteiger partial charge on any atom is 0.276 e. The molecule has 2 aliphatic rings. The van der Waals surface area contributed by atoms with Crippen molar-refractivity contribution in [2.75, 3.05) is 9.14 Å². The van der Waals surface area contributed by atoms with E-state index < -0.39 is 49.4 Å².